The fourth-order valence-corrected chi connectivity index (χ4v) is 2.28. The van der Waals surface area contributed by atoms with Crippen LogP contribution in [0.5, 0.6) is 0 Å². The maximum Gasteiger partial charge on any atom is 0.338 e. The number of amides is 1. The van der Waals surface area contributed by atoms with Crippen molar-refractivity contribution in [2.75, 3.05) is 18.1 Å². The minimum absolute atomic E-state index is 0.104. The van der Waals surface area contributed by atoms with Crippen molar-refractivity contribution in [1.29, 1.82) is 5.26 Å². The molecule has 0 saturated carbocycles. The molecule has 2 rings (SSSR count). The number of carbonyl (C=O) groups is 2. The highest BCUT2D eigenvalue weighted by atomic mass is 16.6. The van der Waals surface area contributed by atoms with Gasteiger partial charge in [0.25, 0.3) is 11.6 Å². The van der Waals surface area contributed by atoms with Crippen molar-refractivity contribution in [2.45, 2.75) is 6.92 Å². The maximum atomic E-state index is 12.3. The first-order chi connectivity index (χ1) is 12.4. The van der Waals surface area contributed by atoms with E-state index in [1.165, 1.54) is 30.0 Å². The van der Waals surface area contributed by atoms with E-state index < -0.39 is 23.4 Å². The highest BCUT2D eigenvalue weighted by molar-refractivity contribution is 5.97. The summed E-state index contributed by atoms with van der Waals surface area (Å²) < 4.78 is 4.98. The number of nitrogens with zero attached hydrogens (tertiary/aromatic N) is 3. The van der Waals surface area contributed by atoms with Crippen LogP contribution in [0.1, 0.15) is 15.9 Å². The van der Waals surface area contributed by atoms with Crippen LogP contribution in [0.3, 0.4) is 0 Å². The second-order valence-corrected chi connectivity index (χ2v) is 5.31. The average Bonchev–Trinajstić information content (AvgIpc) is 2.64. The molecule has 0 aliphatic heterocycles. The second kappa shape index (κ2) is 8.39. The Morgan fingerprint density at radius 1 is 1.23 bits per heavy atom. The highest BCUT2D eigenvalue weighted by Gasteiger charge is 2.19. The van der Waals surface area contributed by atoms with Gasteiger partial charge in [0.15, 0.2) is 6.61 Å². The number of esters is 1. The molecule has 2 aromatic carbocycles. The number of aryl methyl sites for hydroxylation is 1. The monoisotopic (exact) mass is 353 g/mol. The van der Waals surface area contributed by atoms with E-state index in [0.29, 0.717) is 11.3 Å². The normalized spacial score (nSPS) is 9.85. The van der Waals surface area contributed by atoms with Gasteiger partial charge < -0.3 is 4.74 Å². The number of carbonyl (C=O) groups excluding carboxylic acids is 2. The van der Waals surface area contributed by atoms with E-state index in [0.717, 1.165) is 0 Å². The van der Waals surface area contributed by atoms with Crippen LogP contribution in [0, 0.1) is 28.4 Å². The number of rotatable bonds is 6. The SMILES string of the molecule is Cc1cc(C(=O)OCC(=O)N(CC#N)c2ccccc2)ccc1[N+](=O)[O-]. The molecule has 0 radical (unpaired) electrons. The topological polar surface area (TPSA) is 114 Å². The van der Waals surface area contributed by atoms with E-state index >= 15 is 0 Å². The molecule has 1 amide bonds. The first kappa shape index (κ1) is 18.6. The van der Waals surface area contributed by atoms with Crippen molar-refractivity contribution in [3.05, 3.63) is 69.8 Å². The molecule has 0 atom stereocenters. The Morgan fingerprint density at radius 2 is 1.92 bits per heavy atom. The molecule has 0 saturated heterocycles. The van der Waals surface area contributed by atoms with Gasteiger partial charge in [-0.2, -0.15) is 5.26 Å². The molecule has 0 spiro atoms. The van der Waals surface area contributed by atoms with Gasteiger partial charge in [-0.15, -0.1) is 0 Å². The van der Waals surface area contributed by atoms with Gasteiger partial charge in [-0.25, -0.2) is 4.79 Å². The Bertz CT molecular complexity index is 874. The number of benzene rings is 2. The summed E-state index contributed by atoms with van der Waals surface area (Å²) in [5.41, 5.74) is 0.821. The largest absolute Gasteiger partial charge is 0.452 e. The van der Waals surface area contributed by atoms with Gasteiger partial charge in [-0.3, -0.25) is 19.8 Å². The average molecular weight is 353 g/mol. The lowest BCUT2D eigenvalue weighted by molar-refractivity contribution is -0.385. The number of anilines is 1. The van der Waals surface area contributed by atoms with Crippen molar-refractivity contribution in [2.24, 2.45) is 0 Å². The molecule has 8 heteroatoms. The van der Waals surface area contributed by atoms with Crippen LogP contribution >= 0.6 is 0 Å². The van der Waals surface area contributed by atoms with E-state index in [1.807, 2.05) is 6.07 Å². The molecular weight excluding hydrogens is 338 g/mol. The molecule has 0 bridgehead atoms. The molecule has 132 valence electrons. The van der Waals surface area contributed by atoms with E-state index in [1.54, 1.807) is 30.3 Å². The lowest BCUT2D eigenvalue weighted by Gasteiger charge is -2.19. The predicted molar refractivity (Wildman–Crippen MR) is 92.5 cm³/mol. The smallest absolute Gasteiger partial charge is 0.338 e. The molecule has 0 aliphatic rings. The summed E-state index contributed by atoms with van der Waals surface area (Å²) in [4.78, 5) is 35.8. The van der Waals surface area contributed by atoms with Gasteiger partial charge in [0, 0.05) is 17.3 Å². The minimum Gasteiger partial charge on any atom is -0.452 e. The van der Waals surface area contributed by atoms with E-state index in [-0.39, 0.29) is 17.8 Å². The number of hydrogen-bond acceptors (Lipinski definition) is 6. The number of para-hydroxylation sites is 1. The number of nitro groups is 1. The van der Waals surface area contributed by atoms with Crippen LogP contribution in [-0.4, -0.2) is 30.0 Å². The summed E-state index contributed by atoms with van der Waals surface area (Å²) in [5.74, 6) is -1.33. The summed E-state index contributed by atoms with van der Waals surface area (Å²) in [6, 6.07) is 14.2. The fourth-order valence-electron chi connectivity index (χ4n) is 2.28. The van der Waals surface area contributed by atoms with Crippen LogP contribution in [0.2, 0.25) is 0 Å². The van der Waals surface area contributed by atoms with E-state index in [4.69, 9.17) is 10.00 Å². The standard InChI is InChI=1S/C18H15N3O5/c1-13-11-14(7-8-16(13)21(24)25)18(23)26-12-17(22)20(10-9-19)15-5-3-2-4-6-15/h2-8,11H,10,12H2,1H3. The Kier molecular flexibility index (Phi) is 6.01. The third kappa shape index (κ3) is 4.42. The van der Waals surface area contributed by atoms with Gasteiger partial charge in [0.2, 0.25) is 0 Å². The van der Waals surface area contributed by atoms with Gasteiger partial charge in [-0.1, -0.05) is 18.2 Å². The molecule has 0 heterocycles. The quantitative estimate of drug-likeness (QED) is 0.341. The van der Waals surface area contributed by atoms with E-state index in [2.05, 4.69) is 0 Å². The van der Waals surface area contributed by atoms with Crippen LogP contribution in [-0.2, 0) is 9.53 Å². The fraction of sp³-hybridized carbons (Fsp3) is 0.167. The van der Waals surface area contributed by atoms with Crippen molar-refractivity contribution in [3.8, 4) is 6.07 Å². The van der Waals surface area contributed by atoms with Crippen LogP contribution < -0.4 is 4.90 Å². The van der Waals surface area contributed by atoms with Gasteiger partial charge in [0.05, 0.1) is 16.6 Å². The lowest BCUT2D eigenvalue weighted by Crippen LogP contribution is -2.35. The third-order valence-electron chi connectivity index (χ3n) is 3.55. The maximum absolute atomic E-state index is 12.3. The summed E-state index contributed by atoms with van der Waals surface area (Å²) in [6.07, 6.45) is 0. The van der Waals surface area contributed by atoms with Gasteiger partial charge in [0.1, 0.15) is 6.54 Å². The zero-order valence-corrected chi connectivity index (χ0v) is 13.9. The van der Waals surface area contributed by atoms with Gasteiger partial charge in [-0.05, 0) is 31.2 Å². The van der Waals surface area contributed by atoms with Crippen molar-refractivity contribution < 1.29 is 19.2 Å². The van der Waals surface area contributed by atoms with Gasteiger partial charge >= 0.3 is 5.97 Å². The molecule has 8 nitrogen and oxygen atoms in total. The molecule has 0 fully saturated rings. The first-order valence-electron chi connectivity index (χ1n) is 7.58. The summed E-state index contributed by atoms with van der Waals surface area (Å²) in [6.45, 7) is 0.770. The predicted octanol–water partition coefficient (Wildman–Crippen LogP) is 2.62. The number of ether oxygens (including phenoxy) is 1. The molecule has 0 unspecified atom stereocenters. The Hall–Kier alpha value is -3.73. The summed E-state index contributed by atoms with van der Waals surface area (Å²) in [7, 11) is 0. The number of nitro benzene ring substituents is 1. The van der Waals surface area contributed by atoms with E-state index in [9.17, 15) is 19.7 Å². The molecule has 26 heavy (non-hydrogen) atoms. The van der Waals surface area contributed by atoms with Crippen LogP contribution in [0.25, 0.3) is 0 Å². The zero-order chi connectivity index (χ0) is 19.1. The Morgan fingerprint density at radius 3 is 2.50 bits per heavy atom. The lowest BCUT2D eigenvalue weighted by atomic mass is 10.1. The third-order valence-corrected chi connectivity index (χ3v) is 3.55. The molecule has 2 aromatic rings. The minimum atomic E-state index is -0.777. The zero-order valence-electron chi connectivity index (χ0n) is 13.9. The summed E-state index contributed by atoms with van der Waals surface area (Å²) >= 11 is 0. The molecule has 0 aromatic heterocycles. The van der Waals surface area contributed by atoms with Crippen molar-refractivity contribution in [3.63, 3.8) is 0 Å². The summed E-state index contributed by atoms with van der Waals surface area (Å²) in [5, 5.41) is 19.7. The number of nitriles is 1. The van der Waals surface area contributed by atoms with Crippen molar-refractivity contribution >= 4 is 23.3 Å². The van der Waals surface area contributed by atoms with Crippen molar-refractivity contribution in [1.82, 2.24) is 0 Å². The Labute approximate surface area is 149 Å². The molecular formula is C18H15N3O5. The van der Waals surface area contributed by atoms with Crippen LogP contribution in [0.15, 0.2) is 48.5 Å². The number of hydrogen-bond donors (Lipinski definition) is 0. The second-order valence-electron chi connectivity index (χ2n) is 5.31. The first-order valence-corrected chi connectivity index (χ1v) is 7.58. The highest BCUT2D eigenvalue weighted by Crippen LogP contribution is 2.19. The van der Waals surface area contributed by atoms with Crippen LogP contribution in [0.4, 0.5) is 11.4 Å². The Balaban J connectivity index is 2.06. The molecule has 0 aliphatic carbocycles. The molecule has 0 N–H and O–H groups in total.